The molecule has 3 aromatic heterocycles. The third-order valence-electron chi connectivity index (χ3n) is 2.61. The number of hydrogen-bond acceptors (Lipinski definition) is 7. The van der Waals surface area contributed by atoms with Gasteiger partial charge in [0.2, 0.25) is 5.95 Å². The first-order valence-electron chi connectivity index (χ1n) is 6.00. The summed E-state index contributed by atoms with van der Waals surface area (Å²) in [5, 5.41) is 5.21. The average Bonchev–Trinajstić information content (AvgIpc) is 3.08. The van der Waals surface area contributed by atoms with E-state index in [-0.39, 0.29) is 11.1 Å². The van der Waals surface area contributed by atoms with Gasteiger partial charge in [-0.3, -0.25) is 10.1 Å². The lowest BCUT2D eigenvalue weighted by atomic mass is 10.4. The third-order valence-corrected chi connectivity index (χ3v) is 3.79. The monoisotopic (exact) mass is 323 g/mol. The van der Waals surface area contributed by atoms with Crippen molar-refractivity contribution in [1.29, 1.82) is 0 Å². The Bertz CT molecular complexity index is 799. The molecule has 0 aliphatic heterocycles. The number of fused-ring (bicyclic) bond motifs is 1. The Kier molecular flexibility index (Phi) is 3.78. The summed E-state index contributed by atoms with van der Waals surface area (Å²) < 4.78 is 0. The summed E-state index contributed by atoms with van der Waals surface area (Å²) in [7, 11) is 0. The maximum absolute atomic E-state index is 12.1. The molecule has 21 heavy (non-hydrogen) atoms. The van der Waals surface area contributed by atoms with Crippen LogP contribution < -0.4 is 11.1 Å². The van der Waals surface area contributed by atoms with Gasteiger partial charge in [-0.2, -0.15) is 9.97 Å². The number of anilines is 1. The number of rotatable bonds is 4. The van der Waals surface area contributed by atoms with E-state index in [1.54, 1.807) is 5.38 Å². The summed E-state index contributed by atoms with van der Waals surface area (Å²) in [5.74, 6) is -0.321. The Hall–Kier alpha value is -2.10. The van der Waals surface area contributed by atoms with E-state index in [4.69, 9.17) is 17.3 Å². The molecule has 3 aromatic rings. The molecule has 0 unspecified atom stereocenters. The number of aromatic nitrogens is 5. The van der Waals surface area contributed by atoms with Gasteiger partial charge in [0.05, 0.1) is 11.3 Å². The topological polar surface area (TPSA) is 122 Å². The summed E-state index contributed by atoms with van der Waals surface area (Å²) in [6, 6.07) is 0. The number of nitrogens with zero attached hydrogens (tertiary/aromatic N) is 4. The summed E-state index contributed by atoms with van der Waals surface area (Å²) in [4.78, 5) is 31.1. The standard InChI is InChI=1S/C11H10ClN7OS/c12-8-7-9(15-4-14-7)18-11(17-8)19-10(20)5-3-21-6(16-5)1-2-13/h3-4H,1-2,13H2,(H2,14,15,17,18,19,20). The molecule has 0 saturated carbocycles. The molecule has 0 aliphatic rings. The van der Waals surface area contributed by atoms with Crippen molar-refractivity contribution in [2.75, 3.05) is 11.9 Å². The highest BCUT2D eigenvalue weighted by Crippen LogP contribution is 2.19. The lowest BCUT2D eigenvalue weighted by Crippen LogP contribution is -2.15. The smallest absolute Gasteiger partial charge is 0.277 e. The summed E-state index contributed by atoms with van der Waals surface area (Å²) in [6.07, 6.45) is 2.09. The molecule has 0 fully saturated rings. The number of thiazole rings is 1. The van der Waals surface area contributed by atoms with Gasteiger partial charge >= 0.3 is 0 Å². The fourth-order valence-corrected chi connectivity index (χ4v) is 2.69. The van der Waals surface area contributed by atoms with Crippen molar-refractivity contribution in [3.8, 4) is 0 Å². The Balaban J connectivity index is 1.81. The van der Waals surface area contributed by atoms with Crippen molar-refractivity contribution < 1.29 is 4.79 Å². The highest BCUT2D eigenvalue weighted by molar-refractivity contribution is 7.09. The number of amides is 1. The van der Waals surface area contributed by atoms with E-state index in [1.807, 2.05) is 0 Å². The largest absolute Gasteiger partial charge is 0.341 e. The van der Waals surface area contributed by atoms with Crippen LogP contribution in [0.3, 0.4) is 0 Å². The van der Waals surface area contributed by atoms with Crippen LogP contribution in [0.2, 0.25) is 5.15 Å². The molecule has 108 valence electrons. The Labute approximate surface area is 127 Å². The predicted molar refractivity (Wildman–Crippen MR) is 79.5 cm³/mol. The minimum atomic E-state index is -0.402. The molecule has 0 spiro atoms. The van der Waals surface area contributed by atoms with Gasteiger partial charge in [-0.15, -0.1) is 11.3 Å². The van der Waals surface area contributed by atoms with E-state index in [0.29, 0.717) is 29.8 Å². The molecular weight excluding hydrogens is 314 g/mol. The molecule has 8 nitrogen and oxygen atoms in total. The Morgan fingerprint density at radius 2 is 2.29 bits per heavy atom. The molecule has 0 radical (unpaired) electrons. The zero-order chi connectivity index (χ0) is 14.8. The number of imidazole rings is 1. The first kappa shape index (κ1) is 13.9. The van der Waals surface area contributed by atoms with Gasteiger partial charge in [-0.1, -0.05) is 11.6 Å². The third kappa shape index (κ3) is 2.84. The lowest BCUT2D eigenvalue weighted by molar-refractivity contribution is 0.102. The van der Waals surface area contributed by atoms with Gasteiger partial charge in [0.25, 0.3) is 5.91 Å². The number of H-pyrrole nitrogens is 1. The first-order chi connectivity index (χ1) is 10.2. The van der Waals surface area contributed by atoms with Crippen LogP contribution >= 0.6 is 22.9 Å². The maximum atomic E-state index is 12.1. The summed E-state index contributed by atoms with van der Waals surface area (Å²) in [5.41, 5.74) is 6.65. The molecule has 0 aromatic carbocycles. The van der Waals surface area contributed by atoms with E-state index in [9.17, 15) is 4.79 Å². The summed E-state index contributed by atoms with van der Waals surface area (Å²) in [6.45, 7) is 0.489. The van der Waals surface area contributed by atoms with Crippen molar-refractivity contribution in [3.63, 3.8) is 0 Å². The van der Waals surface area contributed by atoms with Crippen molar-refractivity contribution in [2.45, 2.75) is 6.42 Å². The zero-order valence-corrected chi connectivity index (χ0v) is 12.2. The minimum absolute atomic E-state index is 0.0815. The molecule has 0 saturated heterocycles. The fourth-order valence-electron chi connectivity index (χ4n) is 1.67. The Morgan fingerprint density at radius 1 is 1.43 bits per heavy atom. The molecule has 3 rings (SSSR count). The quantitative estimate of drug-likeness (QED) is 0.620. The van der Waals surface area contributed by atoms with E-state index in [2.05, 4.69) is 30.2 Å². The molecule has 3 heterocycles. The molecule has 0 atom stereocenters. The van der Waals surface area contributed by atoms with Crippen LogP contribution in [0.4, 0.5) is 5.95 Å². The number of aromatic amines is 1. The number of nitrogens with one attached hydrogen (secondary N) is 2. The molecular formula is C11H10ClN7OS. The normalized spacial score (nSPS) is 11.0. The number of hydrogen-bond donors (Lipinski definition) is 3. The number of carbonyl (C=O) groups excluding carboxylic acids is 1. The van der Waals surface area contributed by atoms with Gasteiger partial charge in [0.15, 0.2) is 10.8 Å². The molecule has 0 aliphatic carbocycles. The van der Waals surface area contributed by atoms with Gasteiger partial charge in [-0.25, -0.2) is 9.97 Å². The fraction of sp³-hybridized carbons (Fsp3) is 0.182. The van der Waals surface area contributed by atoms with Crippen LogP contribution in [0, 0.1) is 0 Å². The van der Waals surface area contributed by atoms with Gasteiger partial charge in [-0.05, 0) is 6.54 Å². The van der Waals surface area contributed by atoms with Crippen LogP contribution in [-0.2, 0) is 6.42 Å². The van der Waals surface area contributed by atoms with E-state index in [1.165, 1.54) is 17.7 Å². The molecule has 0 bridgehead atoms. The number of carbonyl (C=O) groups is 1. The van der Waals surface area contributed by atoms with Crippen LogP contribution in [-0.4, -0.2) is 37.4 Å². The number of halogens is 1. The Morgan fingerprint density at radius 3 is 3.10 bits per heavy atom. The van der Waals surface area contributed by atoms with Crippen molar-refractivity contribution in [3.05, 3.63) is 27.6 Å². The molecule has 1 amide bonds. The zero-order valence-electron chi connectivity index (χ0n) is 10.6. The highest BCUT2D eigenvalue weighted by Gasteiger charge is 2.14. The van der Waals surface area contributed by atoms with Gasteiger partial charge in [0.1, 0.15) is 11.2 Å². The highest BCUT2D eigenvalue weighted by atomic mass is 35.5. The van der Waals surface area contributed by atoms with E-state index < -0.39 is 5.91 Å². The van der Waals surface area contributed by atoms with Crippen LogP contribution in [0.25, 0.3) is 11.2 Å². The van der Waals surface area contributed by atoms with Gasteiger partial charge in [0, 0.05) is 11.8 Å². The molecule has 10 heteroatoms. The van der Waals surface area contributed by atoms with E-state index in [0.717, 1.165) is 5.01 Å². The minimum Gasteiger partial charge on any atom is -0.341 e. The second-order valence-electron chi connectivity index (χ2n) is 4.06. The van der Waals surface area contributed by atoms with E-state index >= 15 is 0 Å². The average molecular weight is 324 g/mol. The van der Waals surface area contributed by atoms with Crippen LogP contribution in [0.1, 0.15) is 15.5 Å². The molecule has 4 N–H and O–H groups in total. The first-order valence-corrected chi connectivity index (χ1v) is 7.25. The SMILES string of the molecule is NCCc1nc(C(=O)Nc2nc(Cl)c3[nH]cnc3n2)cs1. The second kappa shape index (κ2) is 5.72. The predicted octanol–water partition coefficient (Wildman–Crippen LogP) is 1.22. The second-order valence-corrected chi connectivity index (χ2v) is 5.36. The van der Waals surface area contributed by atoms with Crippen LogP contribution in [0.5, 0.6) is 0 Å². The van der Waals surface area contributed by atoms with Gasteiger partial charge < -0.3 is 10.7 Å². The summed E-state index contributed by atoms with van der Waals surface area (Å²) >= 11 is 7.36. The number of nitrogens with two attached hydrogens (primary N) is 1. The maximum Gasteiger partial charge on any atom is 0.277 e. The van der Waals surface area contributed by atoms with Crippen LogP contribution in [0.15, 0.2) is 11.7 Å². The van der Waals surface area contributed by atoms with Crippen molar-refractivity contribution in [1.82, 2.24) is 24.9 Å². The van der Waals surface area contributed by atoms with Crippen molar-refractivity contribution >= 4 is 46.0 Å². The van der Waals surface area contributed by atoms with Crippen molar-refractivity contribution in [2.24, 2.45) is 5.73 Å². The lowest BCUT2D eigenvalue weighted by Gasteiger charge is -2.02.